The van der Waals surface area contributed by atoms with Crippen LogP contribution in [0.15, 0.2) is 0 Å². The molecule has 3 N–H and O–H groups in total. The van der Waals surface area contributed by atoms with Crippen molar-refractivity contribution in [2.75, 3.05) is 65.6 Å². The Bertz CT molecular complexity index is 162. The van der Waals surface area contributed by atoms with Gasteiger partial charge in [0.1, 0.15) is 13.1 Å². The van der Waals surface area contributed by atoms with E-state index in [0.717, 1.165) is 50.3 Å². The molecule has 0 aromatic heterocycles. The molecule has 0 bridgehead atoms. The van der Waals surface area contributed by atoms with E-state index in [-0.39, 0.29) is 19.8 Å². The van der Waals surface area contributed by atoms with Crippen LogP contribution in [0.1, 0.15) is 0 Å². The molecule has 0 spiro atoms. The average Bonchev–Trinajstić information content (AvgIpc) is 2.23. The van der Waals surface area contributed by atoms with Crippen molar-refractivity contribution < 1.29 is 19.8 Å². The lowest BCUT2D eigenvalue weighted by Gasteiger charge is -2.44. The molecule has 1 fully saturated rings. The van der Waals surface area contributed by atoms with Crippen molar-refractivity contribution in [3.05, 3.63) is 0 Å². The minimum absolute atomic E-state index is 0.181. The minimum atomic E-state index is 0.181. The molecule has 0 aromatic rings. The van der Waals surface area contributed by atoms with Crippen molar-refractivity contribution in [1.29, 1.82) is 0 Å². The lowest BCUT2D eigenvalue weighted by Crippen LogP contribution is -2.61. The van der Waals surface area contributed by atoms with Crippen molar-refractivity contribution in [2.45, 2.75) is 0 Å². The fourth-order valence-corrected chi connectivity index (χ4v) is 2.28. The van der Waals surface area contributed by atoms with Crippen LogP contribution in [0, 0.1) is 0 Å². The first-order chi connectivity index (χ1) is 7.26. The van der Waals surface area contributed by atoms with Crippen molar-refractivity contribution in [2.24, 2.45) is 0 Å². The molecule has 5 heteroatoms. The van der Waals surface area contributed by atoms with Gasteiger partial charge in [0.05, 0.1) is 32.9 Å². The molecule has 0 radical (unpaired) electrons. The Balaban J connectivity index is 2.41. The van der Waals surface area contributed by atoms with Crippen LogP contribution in [0.2, 0.25) is 0 Å². The van der Waals surface area contributed by atoms with E-state index in [9.17, 15) is 0 Å². The van der Waals surface area contributed by atoms with Crippen LogP contribution < -0.4 is 0 Å². The first kappa shape index (κ1) is 12.9. The van der Waals surface area contributed by atoms with Gasteiger partial charge in [0.15, 0.2) is 0 Å². The third-order valence-corrected chi connectivity index (χ3v) is 3.35. The summed E-state index contributed by atoms with van der Waals surface area (Å²) in [5.41, 5.74) is 0. The minimum Gasteiger partial charge on any atom is -0.395 e. The van der Waals surface area contributed by atoms with Gasteiger partial charge >= 0.3 is 0 Å². The molecule has 0 unspecified atom stereocenters. The largest absolute Gasteiger partial charge is 0.395 e. The number of nitrogens with zero attached hydrogens (tertiary/aromatic N) is 2. The molecule has 5 nitrogen and oxygen atoms in total. The lowest BCUT2D eigenvalue weighted by atomic mass is 10.2. The van der Waals surface area contributed by atoms with E-state index in [1.165, 1.54) is 0 Å². The number of quaternary nitrogens is 1. The normalized spacial score (nSPS) is 21.8. The third-order valence-electron chi connectivity index (χ3n) is 3.35. The number of piperazine rings is 1. The van der Waals surface area contributed by atoms with Crippen LogP contribution in [0.3, 0.4) is 0 Å². The summed E-state index contributed by atoms with van der Waals surface area (Å²) in [5, 5.41) is 26.9. The molecule has 90 valence electrons. The van der Waals surface area contributed by atoms with Crippen LogP contribution in [0.5, 0.6) is 0 Å². The van der Waals surface area contributed by atoms with Gasteiger partial charge in [-0.15, -0.1) is 0 Å². The molecular weight excluding hydrogens is 196 g/mol. The summed E-state index contributed by atoms with van der Waals surface area (Å²) in [4.78, 5) is 2.23. The van der Waals surface area contributed by atoms with Gasteiger partial charge in [-0.3, -0.25) is 4.90 Å². The summed E-state index contributed by atoms with van der Waals surface area (Å²) >= 11 is 0. The van der Waals surface area contributed by atoms with Gasteiger partial charge in [-0.05, 0) is 0 Å². The second-order valence-electron chi connectivity index (χ2n) is 4.25. The maximum absolute atomic E-state index is 9.03. The zero-order valence-electron chi connectivity index (χ0n) is 9.31. The Morgan fingerprint density at radius 1 is 0.867 bits per heavy atom. The van der Waals surface area contributed by atoms with Gasteiger partial charge < -0.3 is 19.8 Å². The van der Waals surface area contributed by atoms with Crippen molar-refractivity contribution in [1.82, 2.24) is 4.90 Å². The molecule has 1 aliphatic rings. The number of aliphatic hydroxyl groups is 3. The molecule has 0 aliphatic carbocycles. The molecule has 0 atom stereocenters. The molecule has 1 aliphatic heterocycles. The van der Waals surface area contributed by atoms with Gasteiger partial charge in [-0.2, -0.15) is 0 Å². The van der Waals surface area contributed by atoms with Gasteiger partial charge in [0.25, 0.3) is 0 Å². The first-order valence-corrected chi connectivity index (χ1v) is 5.66. The van der Waals surface area contributed by atoms with Gasteiger partial charge in [0, 0.05) is 19.6 Å². The zero-order valence-corrected chi connectivity index (χ0v) is 9.31. The van der Waals surface area contributed by atoms with Crippen molar-refractivity contribution >= 4 is 0 Å². The van der Waals surface area contributed by atoms with E-state index in [1.54, 1.807) is 0 Å². The summed E-state index contributed by atoms with van der Waals surface area (Å²) in [6.07, 6.45) is 0. The number of hydrogen-bond acceptors (Lipinski definition) is 4. The Morgan fingerprint density at radius 2 is 1.40 bits per heavy atom. The Hall–Kier alpha value is -0.200. The smallest absolute Gasteiger partial charge is 0.102 e. The fourth-order valence-electron chi connectivity index (χ4n) is 2.28. The SMILES string of the molecule is OCCN1CC[N+](CCO)(CCO)CC1. The van der Waals surface area contributed by atoms with Crippen LogP contribution >= 0.6 is 0 Å². The van der Waals surface area contributed by atoms with Gasteiger partial charge in [-0.1, -0.05) is 0 Å². The number of rotatable bonds is 6. The number of β-amino-alcohol motifs (C(OH)–C–C–N with tert-alkyl or cyclic N) is 1. The van der Waals surface area contributed by atoms with Crippen LogP contribution in [-0.4, -0.2) is 90.3 Å². The fraction of sp³-hybridized carbons (Fsp3) is 1.00. The maximum Gasteiger partial charge on any atom is 0.102 e. The highest BCUT2D eigenvalue weighted by atomic mass is 16.3. The molecular formula is C10H23N2O3+. The zero-order chi connectivity index (χ0) is 11.1. The number of aliphatic hydroxyl groups excluding tert-OH is 3. The van der Waals surface area contributed by atoms with Crippen LogP contribution in [0.4, 0.5) is 0 Å². The van der Waals surface area contributed by atoms with E-state index in [2.05, 4.69) is 4.90 Å². The Kier molecular flexibility index (Phi) is 5.49. The molecule has 0 saturated carbocycles. The molecule has 1 heterocycles. The Labute approximate surface area is 91.1 Å². The number of hydrogen-bond donors (Lipinski definition) is 3. The van der Waals surface area contributed by atoms with E-state index >= 15 is 0 Å². The monoisotopic (exact) mass is 219 g/mol. The lowest BCUT2D eigenvalue weighted by molar-refractivity contribution is -0.932. The maximum atomic E-state index is 9.03. The second-order valence-corrected chi connectivity index (χ2v) is 4.25. The van der Waals surface area contributed by atoms with Gasteiger partial charge in [0.2, 0.25) is 0 Å². The van der Waals surface area contributed by atoms with E-state index < -0.39 is 0 Å². The Morgan fingerprint density at radius 3 is 1.80 bits per heavy atom. The summed E-state index contributed by atoms with van der Waals surface area (Å²) in [6, 6.07) is 0. The molecule has 0 amide bonds. The van der Waals surface area contributed by atoms with Crippen molar-refractivity contribution in [3.8, 4) is 0 Å². The predicted molar refractivity (Wildman–Crippen MR) is 57.4 cm³/mol. The van der Waals surface area contributed by atoms with Crippen LogP contribution in [-0.2, 0) is 0 Å². The molecule has 0 aromatic carbocycles. The summed E-state index contributed by atoms with van der Waals surface area (Å²) < 4.78 is 0.814. The highest BCUT2D eigenvalue weighted by molar-refractivity contribution is 4.63. The topological polar surface area (TPSA) is 63.9 Å². The average molecular weight is 219 g/mol. The highest BCUT2D eigenvalue weighted by Crippen LogP contribution is 2.12. The van der Waals surface area contributed by atoms with Crippen molar-refractivity contribution in [3.63, 3.8) is 0 Å². The molecule has 1 saturated heterocycles. The highest BCUT2D eigenvalue weighted by Gasteiger charge is 2.31. The summed E-state index contributed by atoms with van der Waals surface area (Å²) in [7, 11) is 0. The first-order valence-electron chi connectivity index (χ1n) is 5.66. The van der Waals surface area contributed by atoms with Gasteiger partial charge in [-0.25, -0.2) is 0 Å². The third kappa shape index (κ3) is 3.70. The molecule has 1 rings (SSSR count). The molecule has 15 heavy (non-hydrogen) atoms. The van der Waals surface area contributed by atoms with E-state index in [4.69, 9.17) is 15.3 Å². The van der Waals surface area contributed by atoms with E-state index in [1.807, 2.05) is 0 Å². The quantitative estimate of drug-likeness (QED) is 0.456. The standard InChI is InChI=1S/C10H23N2O3/c13-8-3-11-1-4-12(5-2-11,6-9-14)7-10-15/h13-15H,1-10H2/q+1. The summed E-state index contributed by atoms with van der Waals surface area (Å²) in [5.74, 6) is 0. The predicted octanol–water partition coefficient (Wildman–Crippen LogP) is -1.90. The second kappa shape index (κ2) is 6.40. The summed E-state index contributed by atoms with van der Waals surface area (Å²) in [6.45, 7) is 6.57. The van der Waals surface area contributed by atoms with E-state index in [0.29, 0.717) is 0 Å². The van der Waals surface area contributed by atoms with Crippen LogP contribution in [0.25, 0.3) is 0 Å².